The molecule has 1 saturated heterocycles. The van der Waals surface area contributed by atoms with Gasteiger partial charge in [0.2, 0.25) is 0 Å². The van der Waals surface area contributed by atoms with Crippen molar-refractivity contribution < 1.29 is 46.8 Å². The first kappa shape index (κ1) is 31.3. The molecule has 0 amide bonds. The molecule has 7 atom stereocenters. The van der Waals surface area contributed by atoms with Crippen LogP contribution < -0.4 is 0 Å². The minimum absolute atomic E-state index is 0.0437. The van der Waals surface area contributed by atoms with Crippen molar-refractivity contribution in [2.75, 3.05) is 6.61 Å². The molecule has 1 aliphatic heterocycles. The van der Waals surface area contributed by atoms with Crippen LogP contribution in [-0.4, -0.2) is 61.6 Å². The van der Waals surface area contributed by atoms with E-state index >= 15 is 0 Å². The van der Waals surface area contributed by atoms with Crippen LogP contribution in [0.25, 0.3) is 0 Å². The summed E-state index contributed by atoms with van der Waals surface area (Å²) in [6, 6.07) is 0. The number of hydrogen-bond acceptors (Lipinski definition) is 8. The van der Waals surface area contributed by atoms with Crippen molar-refractivity contribution >= 4 is 17.9 Å². The number of hydrogen-bond donors (Lipinski definition) is 0. The van der Waals surface area contributed by atoms with Crippen LogP contribution in [0.15, 0.2) is 34.4 Å². The van der Waals surface area contributed by atoms with Gasteiger partial charge in [0.05, 0.1) is 12.7 Å². The molecule has 0 aromatic heterocycles. The maximum atomic E-state index is 14.3. The van der Waals surface area contributed by atoms with E-state index in [0.717, 1.165) is 24.8 Å². The van der Waals surface area contributed by atoms with Gasteiger partial charge in [0.1, 0.15) is 0 Å². The topological polar surface area (TPSA) is 97.4 Å². The predicted octanol–water partition coefficient (Wildman–Crippen LogP) is 5.60. The van der Waals surface area contributed by atoms with E-state index in [1.54, 1.807) is 0 Å². The van der Waals surface area contributed by atoms with Gasteiger partial charge in [-0.25, -0.2) is 8.78 Å². The monoisotopic (exact) mass is 580 g/mol. The summed E-state index contributed by atoms with van der Waals surface area (Å²) in [7, 11) is 0. The number of fused-ring (bicyclic) bond motifs is 3. The van der Waals surface area contributed by atoms with Gasteiger partial charge in [-0.3, -0.25) is 14.4 Å². The molecule has 3 aliphatic carbocycles. The van der Waals surface area contributed by atoms with Crippen LogP contribution in [0.3, 0.4) is 0 Å². The molecule has 4 rings (SSSR count). The van der Waals surface area contributed by atoms with Crippen LogP contribution in [0, 0.1) is 16.7 Å². The van der Waals surface area contributed by atoms with Gasteiger partial charge in [-0.2, -0.15) is 0 Å². The van der Waals surface area contributed by atoms with Crippen LogP contribution in [0.4, 0.5) is 8.78 Å². The normalized spacial score (nSPS) is 35.2. The molecule has 2 fully saturated rings. The van der Waals surface area contributed by atoms with Gasteiger partial charge in [-0.05, 0) is 53.7 Å². The van der Waals surface area contributed by atoms with Crippen LogP contribution in [0.1, 0.15) is 80.6 Å². The van der Waals surface area contributed by atoms with Gasteiger partial charge in [0.25, 0.3) is 6.43 Å². The van der Waals surface area contributed by atoms with Crippen LogP contribution in [-0.2, 0) is 38.1 Å². The Morgan fingerprint density at radius 3 is 2.15 bits per heavy atom. The molecule has 0 N–H and O–H groups in total. The van der Waals surface area contributed by atoms with Gasteiger partial charge < -0.3 is 23.7 Å². The molecular formula is C31H42F2O8. The zero-order valence-electron chi connectivity index (χ0n) is 25.0. The lowest BCUT2D eigenvalue weighted by atomic mass is 9.57. The fourth-order valence-electron chi connectivity index (χ4n) is 6.98. The molecule has 8 nitrogen and oxygen atoms in total. The Bertz CT molecular complexity index is 1160. The third kappa shape index (κ3) is 6.28. The van der Waals surface area contributed by atoms with E-state index in [9.17, 15) is 23.2 Å². The lowest BCUT2D eigenvalue weighted by Crippen LogP contribution is -2.59. The summed E-state index contributed by atoms with van der Waals surface area (Å²) >= 11 is 0. The Hall–Kier alpha value is -2.59. The molecule has 1 heterocycles. The highest BCUT2D eigenvalue weighted by Crippen LogP contribution is 2.62. The number of ether oxygens (including phenoxy) is 5. The largest absolute Gasteiger partial charge is 0.456 e. The van der Waals surface area contributed by atoms with Gasteiger partial charge in [0.15, 0.2) is 24.6 Å². The fraction of sp³-hybridized carbons (Fsp3) is 0.710. The summed E-state index contributed by atoms with van der Waals surface area (Å²) < 4.78 is 57.3. The second kappa shape index (κ2) is 12.0. The molecule has 1 saturated carbocycles. The summed E-state index contributed by atoms with van der Waals surface area (Å²) in [6.45, 7) is 12.0. The highest BCUT2D eigenvalue weighted by atomic mass is 19.3. The summed E-state index contributed by atoms with van der Waals surface area (Å²) in [5.41, 5.74) is 2.85. The van der Waals surface area contributed by atoms with Gasteiger partial charge in [0, 0.05) is 32.6 Å². The first-order chi connectivity index (χ1) is 19.2. The van der Waals surface area contributed by atoms with Crippen LogP contribution >= 0.6 is 0 Å². The molecule has 41 heavy (non-hydrogen) atoms. The van der Waals surface area contributed by atoms with Crippen LogP contribution in [0.2, 0.25) is 0 Å². The second-order valence-corrected chi connectivity index (χ2v) is 12.5. The number of alkyl halides is 2. The molecule has 0 spiro atoms. The van der Waals surface area contributed by atoms with Crippen molar-refractivity contribution in [2.45, 2.75) is 118 Å². The van der Waals surface area contributed by atoms with E-state index in [1.165, 1.54) is 38.0 Å². The molecule has 10 heteroatoms. The van der Waals surface area contributed by atoms with Crippen molar-refractivity contribution in [3.8, 4) is 0 Å². The molecule has 0 unspecified atom stereocenters. The lowest BCUT2D eigenvalue weighted by molar-refractivity contribution is -0.298. The Morgan fingerprint density at radius 1 is 0.927 bits per heavy atom. The molecule has 0 radical (unpaired) electrons. The molecule has 0 aromatic carbocycles. The number of allylic oxidation sites excluding steroid dienone is 4. The van der Waals surface area contributed by atoms with Crippen molar-refractivity contribution in [3.05, 3.63) is 34.4 Å². The van der Waals surface area contributed by atoms with E-state index < -0.39 is 60.5 Å². The first-order valence-electron chi connectivity index (χ1n) is 14.4. The summed E-state index contributed by atoms with van der Waals surface area (Å²) in [5.74, 6) is -1.69. The Morgan fingerprint density at radius 2 is 1.56 bits per heavy atom. The highest BCUT2D eigenvalue weighted by molar-refractivity contribution is 5.68. The van der Waals surface area contributed by atoms with Gasteiger partial charge in [-0.1, -0.05) is 45.4 Å². The van der Waals surface area contributed by atoms with E-state index in [2.05, 4.69) is 20.8 Å². The Labute approximate surface area is 240 Å². The number of rotatable bonds is 7. The molecular weight excluding hydrogens is 538 g/mol. The summed E-state index contributed by atoms with van der Waals surface area (Å²) in [4.78, 5) is 35.9. The zero-order chi connectivity index (χ0) is 30.3. The van der Waals surface area contributed by atoms with Crippen molar-refractivity contribution in [1.82, 2.24) is 0 Å². The average Bonchev–Trinajstić information content (AvgIpc) is 3.14. The Balaban J connectivity index is 1.75. The maximum Gasteiger partial charge on any atom is 0.303 e. The predicted molar refractivity (Wildman–Crippen MR) is 145 cm³/mol. The van der Waals surface area contributed by atoms with Gasteiger partial charge >= 0.3 is 17.9 Å². The quantitative estimate of drug-likeness (QED) is 0.284. The van der Waals surface area contributed by atoms with Crippen molar-refractivity contribution in [2.24, 2.45) is 16.7 Å². The number of halogens is 2. The number of carbonyl (C=O) groups is 3. The third-order valence-corrected chi connectivity index (χ3v) is 9.13. The van der Waals surface area contributed by atoms with E-state index in [0.29, 0.717) is 12.3 Å². The van der Waals surface area contributed by atoms with Gasteiger partial charge in [-0.15, -0.1) is 0 Å². The van der Waals surface area contributed by atoms with E-state index in [-0.39, 0.29) is 24.0 Å². The number of esters is 3. The Kier molecular flexibility index (Phi) is 9.14. The molecule has 0 bridgehead atoms. The first-order valence-corrected chi connectivity index (χ1v) is 14.4. The molecule has 0 aromatic rings. The second-order valence-electron chi connectivity index (χ2n) is 12.5. The zero-order valence-corrected chi connectivity index (χ0v) is 25.0. The van der Waals surface area contributed by atoms with Crippen LogP contribution in [0.5, 0.6) is 0 Å². The fourth-order valence-corrected chi connectivity index (χ4v) is 6.98. The minimum Gasteiger partial charge on any atom is -0.456 e. The lowest BCUT2D eigenvalue weighted by Gasteiger charge is -2.50. The average molecular weight is 581 g/mol. The van der Waals surface area contributed by atoms with E-state index in [1.807, 2.05) is 13.0 Å². The van der Waals surface area contributed by atoms with E-state index in [4.69, 9.17) is 23.7 Å². The highest BCUT2D eigenvalue weighted by Gasteiger charge is 2.55. The third-order valence-electron chi connectivity index (χ3n) is 9.13. The standard InChI is InChI=1S/C31H42F2O8/c1-16(2)21-10-11-30(6)12-13-31(7)22(25(21)30)9-8-20(28(32)33)14-24(31)41-29-27(40-19(5)36)26(39-18(4)35)23(15-37-29)38-17(3)34/h8-9,16,23-24,26-29H,10-15H2,1-7H3/t23-,24+,26+,27-,29+,30-,31-/m1/s1. The summed E-state index contributed by atoms with van der Waals surface area (Å²) in [6.07, 6.45) is -1.39. The maximum absolute atomic E-state index is 14.3. The smallest absolute Gasteiger partial charge is 0.303 e. The molecule has 228 valence electrons. The van der Waals surface area contributed by atoms with Crippen molar-refractivity contribution in [1.29, 1.82) is 0 Å². The van der Waals surface area contributed by atoms with Crippen molar-refractivity contribution in [3.63, 3.8) is 0 Å². The molecule has 4 aliphatic rings. The SMILES string of the molecule is CC(=O)O[C@@H]1[C@@H](OC(C)=O)[C@H](O[C@H]2CC(C(F)F)=CC=C3C4=C(C(C)C)CC[C@]4(C)CC[C@]32C)OC[C@H]1OC(C)=O. The summed E-state index contributed by atoms with van der Waals surface area (Å²) in [5, 5.41) is 0. The minimum atomic E-state index is -2.69. The number of carbonyl (C=O) groups excluding carboxylic acids is 3.